The topological polar surface area (TPSA) is 60.0 Å². The van der Waals surface area contributed by atoms with Gasteiger partial charge in [0.1, 0.15) is 0 Å². The first-order valence-corrected chi connectivity index (χ1v) is 9.57. The molecule has 0 aromatic heterocycles. The van der Waals surface area contributed by atoms with Crippen molar-refractivity contribution in [3.8, 4) is 0 Å². The van der Waals surface area contributed by atoms with Crippen molar-refractivity contribution in [1.82, 2.24) is 15.1 Å². The fourth-order valence-electron chi connectivity index (χ4n) is 3.69. The van der Waals surface area contributed by atoms with Crippen LogP contribution in [0.15, 0.2) is 29.3 Å². The standard InChI is InChI=1S/C20H31N5O/c1-20(2)9-12-25(15-20)18(21-3)22-14-16-7-6-8-17(13-16)23-19(26)24-10-4-5-11-24/h6-8,13H,4-5,9-12,14-15H2,1-3H3,(H,21,22)(H,23,26). The lowest BCUT2D eigenvalue weighted by molar-refractivity contribution is 0.222. The van der Waals surface area contributed by atoms with Crippen molar-refractivity contribution >= 4 is 17.7 Å². The lowest BCUT2D eigenvalue weighted by atomic mass is 9.93. The van der Waals surface area contributed by atoms with Gasteiger partial charge in [0, 0.05) is 45.5 Å². The number of likely N-dealkylation sites (tertiary alicyclic amines) is 2. The number of benzene rings is 1. The molecule has 6 nitrogen and oxygen atoms in total. The van der Waals surface area contributed by atoms with Gasteiger partial charge in [0.25, 0.3) is 0 Å². The van der Waals surface area contributed by atoms with Gasteiger partial charge in [-0.1, -0.05) is 26.0 Å². The summed E-state index contributed by atoms with van der Waals surface area (Å²) in [5.74, 6) is 0.946. The highest BCUT2D eigenvalue weighted by molar-refractivity contribution is 5.89. The summed E-state index contributed by atoms with van der Waals surface area (Å²) in [4.78, 5) is 20.9. The van der Waals surface area contributed by atoms with E-state index in [0.29, 0.717) is 12.0 Å². The predicted octanol–water partition coefficient (Wildman–Crippen LogP) is 3.12. The Hall–Kier alpha value is -2.24. The number of hydrogen-bond acceptors (Lipinski definition) is 2. The summed E-state index contributed by atoms with van der Waals surface area (Å²) in [6.07, 6.45) is 3.39. The molecular weight excluding hydrogens is 326 g/mol. The molecule has 0 radical (unpaired) electrons. The van der Waals surface area contributed by atoms with Crippen molar-refractivity contribution in [3.05, 3.63) is 29.8 Å². The van der Waals surface area contributed by atoms with E-state index in [1.54, 1.807) is 0 Å². The van der Waals surface area contributed by atoms with Crippen molar-refractivity contribution in [1.29, 1.82) is 0 Å². The molecule has 2 aliphatic rings. The van der Waals surface area contributed by atoms with Crippen LogP contribution in [0.3, 0.4) is 0 Å². The fraction of sp³-hybridized carbons (Fsp3) is 0.600. The molecule has 6 heteroatoms. The van der Waals surface area contributed by atoms with Crippen LogP contribution in [0, 0.1) is 5.41 Å². The quantitative estimate of drug-likeness (QED) is 0.645. The van der Waals surface area contributed by atoms with Gasteiger partial charge in [-0.3, -0.25) is 4.99 Å². The van der Waals surface area contributed by atoms with Crippen LogP contribution < -0.4 is 10.6 Å². The van der Waals surface area contributed by atoms with Gasteiger partial charge in [-0.15, -0.1) is 0 Å². The van der Waals surface area contributed by atoms with Crippen molar-refractivity contribution in [2.75, 3.05) is 38.5 Å². The third kappa shape index (κ3) is 4.68. The third-order valence-corrected chi connectivity index (χ3v) is 5.21. The second kappa shape index (κ2) is 7.98. The summed E-state index contributed by atoms with van der Waals surface area (Å²) in [6, 6.07) is 8.03. The molecule has 2 saturated heterocycles. The highest BCUT2D eigenvalue weighted by Gasteiger charge is 2.30. The van der Waals surface area contributed by atoms with Crippen LogP contribution in [0.1, 0.15) is 38.7 Å². The maximum absolute atomic E-state index is 12.2. The first-order chi connectivity index (χ1) is 12.5. The number of guanidine groups is 1. The highest BCUT2D eigenvalue weighted by Crippen LogP contribution is 2.28. The number of amides is 2. The number of nitrogens with one attached hydrogen (secondary N) is 2. The smallest absolute Gasteiger partial charge is 0.321 e. The molecule has 142 valence electrons. The van der Waals surface area contributed by atoms with Gasteiger partial charge in [-0.25, -0.2) is 4.79 Å². The minimum absolute atomic E-state index is 0.00252. The molecule has 26 heavy (non-hydrogen) atoms. The van der Waals surface area contributed by atoms with E-state index in [9.17, 15) is 4.79 Å². The van der Waals surface area contributed by atoms with Gasteiger partial charge < -0.3 is 20.4 Å². The Kier molecular flexibility index (Phi) is 5.69. The minimum atomic E-state index is 0.00252. The largest absolute Gasteiger partial charge is 0.352 e. The van der Waals surface area contributed by atoms with Crippen LogP contribution in [0.2, 0.25) is 0 Å². The number of nitrogens with zero attached hydrogens (tertiary/aromatic N) is 3. The SMILES string of the molecule is CN=C(NCc1cccc(NC(=O)N2CCCC2)c1)N1CCC(C)(C)C1. The molecule has 3 rings (SSSR count). The average molecular weight is 358 g/mol. The van der Waals surface area contributed by atoms with Crippen molar-refractivity contribution in [3.63, 3.8) is 0 Å². The van der Waals surface area contributed by atoms with Crippen LogP contribution in [-0.2, 0) is 6.54 Å². The lowest BCUT2D eigenvalue weighted by Crippen LogP contribution is -2.40. The van der Waals surface area contributed by atoms with Crippen LogP contribution in [0.25, 0.3) is 0 Å². The Labute approximate surface area is 156 Å². The van der Waals surface area contributed by atoms with Gasteiger partial charge in [-0.05, 0) is 42.4 Å². The molecule has 0 spiro atoms. The summed E-state index contributed by atoms with van der Waals surface area (Å²) < 4.78 is 0. The number of carbonyl (C=O) groups excluding carboxylic acids is 1. The summed E-state index contributed by atoms with van der Waals surface area (Å²) in [7, 11) is 1.83. The highest BCUT2D eigenvalue weighted by atomic mass is 16.2. The zero-order valence-corrected chi connectivity index (χ0v) is 16.2. The molecule has 1 aromatic carbocycles. The maximum atomic E-state index is 12.2. The molecule has 0 aliphatic carbocycles. The molecule has 2 fully saturated rings. The van der Waals surface area contributed by atoms with Crippen molar-refractivity contribution in [2.24, 2.45) is 10.4 Å². The lowest BCUT2D eigenvalue weighted by Gasteiger charge is -2.23. The minimum Gasteiger partial charge on any atom is -0.352 e. The summed E-state index contributed by atoms with van der Waals surface area (Å²) >= 11 is 0. The molecule has 0 saturated carbocycles. The molecular formula is C20H31N5O. The molecule has 0 bridgehead atoms. The summed E-state index contributed by atoms with van der Waals surface area (Å²) in [5.41, 5.74) is 2.32. The van der Waals surface area contributed by atoms with E-state index in [1.807, 2.05) is 30.1 Å². The Balaban J connectivity index is 1.55. The molecule has 0 unspecified atom stereocenters. The van der Waals surface area contributed by atoms with E-state index in [2.05, 4.69) is 40.4 Å². The molecule has 0 atom stereocenters. The summed E-state index contributed by atoms with van der Waals surface area (Å²) in [5, 5.41) is 6.46. The molecule has 2 aliphatic heterocycles. The van der Waals surface area contributed by atoms with E-state index in [4.69, 9.17) is 0 Å². The zero-order chi connectivity index (χ0) is 18.6. The number of rotatable bonds is 3. The number of aliphatic imine (C=N–C) groups is 1. The van der Waals surface area contributed by atoms with Crippen LogP contribution in [0.4, 0.5) is 10.5 Å². The number of hydrogen-bond donors (Lipinski definition) is 2. The van der Waals surface area contributed by atoms with Crippen molar-refractivity contribution < 1.29 is 4.79 Å². The van der Waals surface area contributed by atoms with Gasteiger partial charge in [-0.2, -0.15) is 0 Å². The van der Waals surface area contributed by atoms with E-state index in [0.717, 1.165) is 56.2 Å². The molecule has 2 amide bonds. The van der Waals surface area contributed by atoms with Crippen LogP contribution in [-0.4, -0.2) is 55.0 Å². The zero-order valence-electron chi connectivity index (χ0n) is 16.2. The average Bonchev–Trinajstić information content (AvgIpc) is 3.26. The van der Waals surface area contributed by atoms with E-state index >= 15 is 0 Å². The fourth-order valence-corrected chi connectivity index (χ4v) is 3.69. The molecule has 2 N–H and O–H groups in total. The van der Waals surface area contributed by atoms with Gasteiger partial charge in [0.15, 0.2) is 5.96 Å². The molecule has 2 heterocycles. The monoisotopic (exact) mass is 357 g/mol. The predicted molar refractivity (Wildman–Crippen MR) is 106 cm³/mol. The summed E-state index contributed by atoms with van der Waals surface area (Å²) in [6.45, 7) is 9.07. The van der Waals surface area contributed by atoms with Crippen LogP contribution in [0.5, 0.6) is 0 Å². The van der Waals surface area contributed by atoms with Crippen LogP contribution >= 0.6 is 0 Å². The van der Waals surface area contributed by atoms with E-state index in [1.165, 1.54) is 6.42 Å². The van der Waals surface area contributed by atoms with Gasteiger partial charge in [0.05, 0.1) is 0 Å². The third-order valence-electron chi connectivity index (χ3n) is 5.21. The maximum Gasteiger partial charge on any atom is 0.321 e. The Morgan fingerprint density at radius 3 is 2.62 bits per heavy atom. The van der Waals surface area contributed by atoms with Gasteiger partial charge >= 0.3 is 6.03 Å². The van der Waals surface area contributed by atoms with Crippen molar-refractivity contribution in [2.45, 2.75) is 39.7 Å². The number of anilines is 1. The van der Waals surface area contributed by atoms with Gasteiger partial charge in [0.2, 0.25) is 0 Å². The Morgan fingerprint density at radius 2 is 1.96 bits per heavy atom. The second-order valence-corrected chi connectivity index (χ2v) is 8.06. The first kappa shape index (κ1) is 18.5. The van der Waals surface area contributed by atoms with E-state index < -0.39 is 0 Å². The normalized spacial score (nSPS) is 19.7. The Bertz CT molecular complexity index is 664. The Morgan fingerprint density at radius 1 is 1.19 bits per heavy atom. The first-order valence-electron chi connectivity index (χ1n) is 9.57. The van der Waals surface area contributed by atoms with E-state index in [-0.39, 0.29) is 6.03 Å². The molecule has 1 aromatic rings. The number of carbonyl (C=O) groups is 1. The number of urea groups is 1. The second-order valence-electron chi connectivity index (χ2n) is 8.06.